The molecule has 0 amide bonds. The Bertz CT molecular complexity index is 683. The zero-order chi connectivity index (χ0) is 15.9. The molecule has 120 valence electrons. The van der Waals surface area contributed by atoms with E-state index in [1.165, 1.54) is 11.8 Å². The normalized spacial score (nSPS) is 23.1. The summed E-state index contributed by atoms with van der Waals surface area (Å²) in [5, 5.41) is 0.410. The van der Waals surface area contributed by atoms with Gasteiger partial charge in [-0.1, -0.05) is 32.4 Å². The van der Waals surface area contributed by atoms with Crippen LogP contribution in [-0.2, 0) is 10.2 Å². The molecule has 1 aromatic carbocycles. The fourth-order valence-electron chi connectivity index (χ4n) is 2.34. The third-order valence-corrected chi connectivity index (χ3v) is 5.50. The summed E-state index contributed by atoms with van der Waals surface area (Å²) >= 11 is 7.76. The molecule has 0 spiro atoms. The Morgan fingerprint density at radius 3 is 2.82 bits per heavy atom. The average molecular weight is 344 g/mol. The molecular formula is C16H19ClFNO2S. The number of ether oxygens (including phenoxy) is 1. The highest BCUT2D eigenvalue weighted by Gasteiger charge is 2.29. The molecule has 0 radical (unpaired) electrons. The van der Waals surface area contributed by atoms with Crippen molar-refractivity contribution >= 4 is 34.5 Å². The lowest BCUT2D eigenvalue weighted by Crippen LogP contribution is -2.31. The summed E-state index contributed by atoms with van der Waals surface area (Å²) in [5.41, 5.74) is 1.23. The SMILES string of the molecule is CC(C)(C)c1nc2ccc(Cl)c(S[C@@H]3CCOC[C@@H]3F)c2o1. The molecule has 0 N–H and O–H groups in total. The molecule has 0 bridgehead atoms. The van der Waals surface area contributed by atoms with Gasteiger partial charge in [0.2, 0.25) is 5.89 Å². The highest BCUT2D eigenvalue weighted by atomic mass is 35.5. The molecule has 0 saturated carbocycles. The van der Waals surface area contributed by atoms with Crippen molar-refractivity contribution in [2.24, 2.45) is 0 Å². The highest BCUT2D eigenvalue weighted by Crippen LogP contribution is 2.41. The topological polar surface area (TPSA) is 35.3 Å². The van der Waals surface area contributed by atoms with Crippen LogP contribution in [0, 0.1) is 0 Å². The summed E-state index contributed by atoms with van der Waals surface area (Å²) in [6, 6.07) is 3.64. The molecule has 2 aromatic rings. The predicted octanol–water partition coefficient (Wildman–Crippen LogP) is 5.00. The van der Waals surface area contributed by atoms with Crippen molar-refractivity contribution in [3.63, 3.8) is 0 Å². The Hall–Kier alpha value is -0.780. The first-order valence-corrected chi connectivity index (χ1v) is 8.60. The minimum atomic E-state index is -0.991. The highest BCUT2D eigenvalue weighted by molar-refractivity contribution is 8.00. The molecule has 22 heavy (non-hydrogen) atoms. The monoisotopic (exact) mass is 343 g/mol. The molecule has 2 atom stereocenters. The number of halogens is 2. The van der Waals surface area contributed by atoms with Gasteiger partial charge in [-0.25, -0.2) is 9.37 Å². The Balaban J connectivity index is 2.00. The van der Waals surface area contributed by atoms with Gasteiger partial charge in [-0.3, -0.25) is 0 Å². The van der Waals surface area contributed by atoms with Crippen LogP contribution in [0.5, 0.6) is 0 Å². The lowest BCUT2D eigenvalue weighted by atomic mass is 9.97. The summed E-state index contributed by atoms with van der Waals surface area (Å²) in [4.78, 5) is 5.32. The summed E-state index contributed by atoms with van der Waals surface area (Å²) in [6.45, 7) is 6.86. The van der Waals surface area contributed by atoms with Gasteiger partial charge < -0.3 is 9.15 Å². The van der Waals surface area contributed by atoms with Crippen LogP contribution in [0.15, 0.2) is 21.4 Å². The van der Waals surface area contributed by atoms with Gasteiger partial charge in [0.15, 0.2) is 5.58 Å². The van der Waals surface area contributed by atoms with E-state index in [1.54, 1.807) is 6.07 Å². The zero-order valence-corrected chi connectivity index (χ0v) is 14.4. The number of oxazole rings is 1. The summed E-state index contributed by atoms with van der Waals surface area (Å²) in [6.07, 6.45) is -0.325. The van der Waals surface area contributed by atoms with E-state index < -0.39 is 6.17 Å². The van der Waals surface area contributed by atoms with E-state index in [-0.39, 0.29) is 17.3 Å². The van der Waals surface area contributed by atoms with Gasteiger partial charge in [0, 0.05) is 17.3 Å². The first-order valence-electron chi connectivity index (χ1n) is 7.34. The Morgan fingerprint density at radius 2 is 2.14 bits per heavy atom. The maximum atomic E-state index is 14.0. The molecule has 1 aromatic heterocycles. The van der Waals surface area contributed by atoms with Crippen LogP contribution in [0.2, 0.25) is 5.02 Å². The van der Waals surface area contributed by atoms with Crippen LogP contribution >= 0.6 is 23.4 Å². The smallest absolute Gasteiger partial charge is 0.200 e. The standard InChI is InChI=1S/C16H19ClFNO2S/c1-16(2,3)15-19-11-5-4-9(17)14(13(11)21-15)22-12-6-7-20-8-10(12)18/h4-5,10,12H,6-8H2,1-3H3/t10-,12+/m0/s1. The second-order valence-corrected chi connectivity index (χ2v) is 8.19. The van der Waals surface area contributed by atoms with Gasteiger partial charge in [-0.05, 0) is 18.6 Å². The van der Waals surface area contributed by atoms with Crippen LogP contribution in [0.25, 0.3) is 11.1 Å². The number of nitrogens with zero attached hydrogens (tertiary/aromatic N) is 1. The lowest BCUT2D eigenvalue weighted by molar-refractivity contribution is 0.0410. The molecule has 1 aliphatic rings. The first-order chi connectivity index (χ1) is 10.4. The van der Waals surface area contributed by atoms with Gasteiger partial charge in [0.05, 0.1) is 16.5 Å². The van der Waals surface area contributed by atoms with E-state index in [1.807, 2.05) is 26.8 Å². The second kappa shape index (κ2) is 6.02. The number of aromatic nitrogens is 1. The Kier molecular flexibility index (Phi) is 4.40. The minimum Gasteiger partial charge on any atom is -0.439 e. The Labute approximate surface area is 138 Å². The molecule has 1 saturated heterocycles. The van der Waals surface area contributed by atoms with Crippen molar-refractivity contribution < 1.29 is 13.5 Å². The summed E-state index contributed by atoms with van der Waals surface area (Å²) in [5.74, 6) is 0.662. The van der Waals surface area contributed by atoms with Crippen molar-refractivity contribution in [2.45, 2.75) is 48.9 Å². The van der Waals surface area contributed by atoms with Gasteiger partial charge in [0.25, 0.3) is 0 Å². The predicted molar refractivity (Wildman–Crippen MR) is 87.7 cm³/mol. The number of hydrogen-bond acceptors (Lipinski definition) is 4. The second-order valence-electron chi connectivity index (χ2n) is 6.53. The van der Waals surface area contributed by atoms with E-state index >= 15 is 0 Å². The zero-order valence-electron chi connectivity index (χ0n) is 12.9. The van der Waals surface area contributed by atoms with Crippen LogP contribution in [-0.4, -0.2) is 29.6 Å². The van der Waals surface area contributed by atoms with Crippen molar-refractivity contribution in [3.8, 4) is 0 Å². The molecule has 2 heterocycles. The minimum absolute atomic E-state index is 0.148. The van der Waals surface area contributed by atoms with Gasteiger partial charge in [0.1, 0.15) is 11.7 Å². The average Bonchev–Trinajstić information content (AvgIpc) is 2.88. The van der Waals surface area contributed by atoms with Crippen LogP contribution in [0.4, 0.5) is 4.39 Å². The van der Waals surface area contributed by atoms with Crippen molar-refractivity contribution in [1.29, 1.82) is 0 Å². The number of rotatable bonds is 2. The maximum Gasteiger partial charge on any atom is 0.200 e. The fourth-order valence-corrected chi connectivity index (χ4v) is 3.80. The van der Waals surface area contributed by atoms with E-state index in [2.05, 4.69) is 4.98 Å². The maximum absolute atomic E-state index is 14.0. The molecule has 3 rings (SSSR count). The molecule has 1 fully saturated rings. The van der Waals surface area contributed by atoms with E-state index in [4.69, 9.17) is 20.8 Å². The van der Waals surface area contributed by atoms with Crippen molar-refractivity contribution in [2.75, 3.05) is 13.2 Å². The van der Waals surface area contributed by atoms with Gasteiger partial charge in [-0.2, -0.15) is 0 Å². The largest absolute Gasteiger partial charge is 0.439 e. The molecular weight excluding hydrogens is 325 g/mol. The summed E-state index contributed by atoms with van der Waals surface area (Å²) < 4.78 is 25.1. The lowest BCUT2D eigenvalue weighted by Gasteiger charge is -2.25. The molecule has 3 nitrogen and oxygen atoms in total. The number of fused-ring (bicyclic) bond motifs is 1. The number of benzene rings is 1. The van der Waals surface area contributed by atoms with E-state index in [9.17, 15) is 4.39 Å². The van der Waals surface area contributed by atoms with Crippen LogP contribution in [0.1, 0.15) is 33.1 Å². The van der Waals surface area contributed by atoms with Crippen molar-refractivity contribution in [1.82, 2.24) is 4.98 Å². The van der Waals surface area contributed by atoms with Crippen LogP contribution in [0.3, 0.4) is 0 Å². The quantitative estimate of drug-likeness (QED) is 0.768. The third-order valence-electron chi connectivity index (χ3n) is 3.60. The van der Waals surface area contributed by atoms with Crippen molar-refractivity contribution in [3.05, 3.63) is 23.0 Å². The fraction of sp³-hybridized carbons (Fsp3) is 0.562. The molecule has 1 aliphatic heterocycles. The van der Waals surface area contributed by atoms with Gasteiger partial charge in [-0.15, -0.1) is 11.8 Å². The van der Waals surface area contributed by atoms with E-state index in [0.717, 1.165) is 10.4 Å². The number of alkyl halides is 1. The molecule has 6 heteroatoms. The van der Waals surface area contributed by atoms with E-state index in [0.29, 0.717) is 29.5 Å². The van der Waals surface area contributed by atoms with Gasteiger partial charge >= 0.3 is 0 Å². The number of hydrogen-bond donors (Lipinski definition) is 0. The molecule has 0 unspecified atom stereocenters. The Morgan fingerprint density at radius 1 is 1.36 bits per heavy atom. The number of thioether (sulfide) groups is 1. The third kappa shape index (κ3) is 3.12. The summed E-state index contributed by atoms with van der Waals surface area (Å²) in [7, 11) is 0. The molecule has 0 aliphatic carbocycles. The first kappa shape index (κ1) is 16.1. The van der Waals surface area contributed by atoms with Crippen LogP contribution < -0.4 is 0 Å².